The molecule has 1 aromatic rings. The fourth-order valence-corrected chi connectivity index (χ4v) is 1.43. The molecule has 0 heterocycles. The minimum Gasteiger partial charge on any atom is -0.211 e. The van der Waals surface area contributed by atoms with Crippen LogP contribution in [0.4, 0.5) is 0 Å². The van der Waals surface area contributed by atoms with Crippen molar-refractivity contribution in [1.29, 1.82) is 0 Å². The van der Waals surface area contributed by atoms with Crippen molar-refractivity contribution >= 4 is 22.0 Å². The van der Waals surface area contributed by atoms with E-state index in [4.69, 9.17) is 0 Å². The molecule has 0 aromatic heterocycles. The number of isocyanates is 1. The Morgan fingerprint density at radius 2 is 2.33 bits per heavy atom. The van der Waals surface area contributed by atoms with Gasteiger partial charge in [0.1, 0.15) is 0 Å². The fraction of sp³-hybridized carbons (Fsp3) is 0.222. The van der Waals surface area contributed by atoms with E-state index < -0.39 is 0 Å². The third kappa shape index (κ3) is 2.29. The Balaban J connectivity index is 2.93. The van der Waals surface area contributed by atoms with E-state index in [2.05, 4.69) is 20.9 Å². The number of nitrogens with zero attached hydrogens (tertiary/aromatic N) is 1. The van der Waals surface area contributed by atoms with E-state index in [-0.39, 0.29) is 0 Å². The standard InChI is InChI=1S/C9H8BrNO/c1-7-4-9(10)3-2-8(7)5-11-6-12/h2-4H,5H2,1H3. The molecule has 0 saturated heterocycles. The summed E-state index contributed by atoms with van der Waals surface area (Å²) in [4.78, 5) is 13.4. The molecule has 0 aliphatic heterocycles. The van der Waals surface area contributed by atoms with Gasteiger partial charge in [-0.2, -0.15) is 0 Å². The van der Waals surface area contributed by atoms with Gasteiger partial charge in [-0.25, -0.2) is 9.79 Å². The molecule has 2 nitrogen and oxygen atoms in total. The van der Waals surface area contributed by atoms with E-state index in [1.165, 1.54) is 6.08 Å². The molecular formula is C9H8BrNO. The molecule has 0 bridgehead atoms. The Labute approximate surface area is 79.5 Å². The third-order valence-electron chi connectivity index (χ3n) is 1.62. The van der Waals surface area contributed by atoms with Crippen molar-refractivity contribution in [3.05, 3.63) is 33.8 Å². The highest BCUT2D eigenvalue weighted by Crippen LogP contribution is 2.16. The lowest BCUT2D eigenvalue weighted by atomic mass is 10.1. The second-order valence-electron chi connectivity index (χ2n) is 2.48. The average Bonchev–Trinajstić information content (AvgIpc) is 2.03. The molecular weight excluding hydrogens is 218 g/mol. The van der Waals surface area contributed by atoms with E-state index in [1.807, 2.05) is 25.1 Å². The fourth-order valence-electron chi connectivity index (χ4n) is 0.954. The maximum absolute atomic E-state index is 9.86. The Hall–Kier alpha value is -0.920. The van der Waals surface area contributed by atoms with Crippen LogP contribution in [0, 0.1) is 6.92 Å². The summed E-state index contributed by atoms with van der Waals surface area (Å²) in [5, 5.41) is 0. The highest BCUT2D eigenvalue weighted by molar-refractivity contribution is 9.10. The van der Waals surface area contributed by atoms with Gasteiger partial charge in [-0.1, -0.05) is 22.0 Å². The van der Waals surface area contributed by atoms with Gasteiger partial charge in [0.15, 0.2) is 0 Å². The molecule has 0 radical (unpaired) electrons. The smallest absolute Gasteiger partial charge is 0.211 e. The Kier molecular flexibility index (Phi) is 3.20. The molecule has 0 amide bonds. The minimum atomic E-state index is 0.419. The van der Waals surface area contributed by atoms with Gasteiger partial charge in [0.05, 0.1) is 6.54 Å². The van der Waals surface area contributed by atoms with Crippen LogP contribution in [-0.4, -0.2) is 6.08 Å². The van der Waals surface area contributed by atoms with Crippen LogP contribution in [0.3, 0.4) is 0 Å². The summed E-state index contributed by atoms with van der Waals surface area (Å²) >= 11 is 3.36. The average molecular weight is 226 g/mol. The summed E-state index contributed by atoms with van der Waals surface area (Å²) in [5.74, 6) is 0. The van der Waals surface area contributed by atoms with E-state index >= 15 is 0 Å². The van der Waals surface area contributed by atoms with Crippen LogP contribution in [-0.2, 0) is 11.3 Å². The van der Waals surface area contributed by atoms with Crippen molar-refractivity contribution in [2.45, 2.75) is 13.5 Å². The quantitative estimate of drug-likeness (QED) is 0.562. The molecule has 1 rings (SSSR count). The van der Waals surface area contributed by atoms with Crippen molar-refractivity contribution in [3.63, 3.8) is 0 Å². The summed E-state index contributed by atoms with van der Waals surface area (Å²) in [6, 6.07) is 5.87. The number of aliphatic imine (C=N–C) groups is 1. The Morgan fingerprint density at radius 3 is 2.92 bits per heavy atom. The SMILES string of the molecule is Cc1cc(Br)ccc1CN=C=O. The highest BCUT2D eigenvalue weighted by atomic mass is 79.9. The number of halogens is 1. The topological polar surface area (TPSA) is 29.4 Å². The first-order chi connectivity index (χ1) is 5.74. The molecule has 62 valence electrons. The maximum atomic E-state index is 9.86. The molecule has 12 heavy (non-hydrogen) atoms. The van der Waals surface area contributed by atoms with Gasteiger partial charge in [-0.05, 0) is 30.2 Å². The first-order valence-electron chi connectivity index (χ1n) is 3.52. The number of benzene rings is 1. The van der Waals surface area contributed by atoms with E-state index in [9.17, 15) is 4.79 Å². The number of carbonyl (C=O) groups excluding carboxylic acids is 1. The number of rotatable bonds is 2. The largest absolute Gasteiger partial charge is 0.235 e. The van der Waals surface area contributed by atoms with E-state index in [1.54, 1.807) is 0 Å². The van der Waals surface area contributed by atoms with E-state index in [0.29, 0.717) is 6.54 Å². The molecule has 1 aromatic carbocycles. The number of aryl methyl sites for hydroxylation is 1. The van der Waals surface area contributed by atoms with Crippen molar-refractivity contribution in [1.82, 2.24) is 0 Å². The van der Waals surface area contributed by atoms with Crippen molar-refractivity contribution in [3.8, 4) is 0 Å². The minimum absolute atomic E-state index is 0.419. The van der Waals surface area contributed by atoms with Gasteiger partial charge < -0.3 is 0 Å². The molecule has 0 saturated carbocycles. The van der Waals surface area contributed by atoms with Gasteiger partial charge in [0.2, 0.25) is 6.08 Å². The van der Waals surface area contributed by atoms with Crippen LogP contribution in [0.5, 0.6) is 0 Å². The Morgan fingerprint density at radius 1 is 1.58 bits per heavy atom. The monoisotopic (exact) mass is 225 g/mol. The molecule has 0 unspecified atom stereocenters. The number of hydrogen-bond acceptors (Lipinski definition) is 2. The van der Waals surface area contributed by atoms with Crippen molar-refractivity contribution in [2.75, 3.05) is 0 Å². The molecule has 0 fully saturated rings. The van der Waals surface area contributed by atoms with Gasteiger partial charge in [0, 0.05) is 4.47 Å². The first kappa shape index (κ1) is 9.17. The summed E-state index contributed by atoms with van der Waals surface area (Å²) < 4.78 is 1.04. The van der Waals surface area contributed by atoms with E-state index in [0.717, 1.165) is 15.6 Å². The molecule has 0 N–H and O–H groups in total. The maximum Gasteiger partial charge on any atom is 0.235 e. The van der Waals surface area contributed by atoms with Gasteiger partial charge >= 0.3 is 0 Å². The predicted octanol–water partition coefficient (Wildman–Crippen LogP) is 2.59. The predicted molar refractivity (Wildman–Crippen MR) is 50.7 cm³/mol. The van der Waals surface area contributed by atoms with Crippen LogP contribution in [0.2, 0.25) is 0 Å². The lowest BCUT2D eigenvalue weighted by Gasteiger charge is -2.00. The summed E-state index contributed by atoms with van der Waals surface area (Å²) in [6.45, 7) is 2.41. The first-order valence-corrected chi connectivity index (χ1v) is 4.32. The summed E-state index contributed by atoms with van der Waals surface area (Å²) in [5.41, 5.74) is 2.19. The zero-order valence-corrected chi connectivity index (χ0v) is 8.26. The molecule has 0 aliphatic carbocycles. The van der Waals surface area contributed by atoms with Crippen molar-refractivity contribution < 1.29 is 4.79 Å². The molecule has 0 atom stereocenters. The van der Waals surface area contributed by atoms with Gasteiger partial charge in [0.25, 0.3) is 0 Å². The Bertz CT molecular complexity index is 329. The van der Waals surface area contributed by atoms with Gasteiger partial charge in [-0.15, -0.1) is 0 Å². The lowest BCUT2D eigenvalue weighted by Crippen LogP contribution is -1.86. The molecule has 0 spiro atoms. The summed E-state index contributed by atoms with van der Waals surface area (Å²) in [7, 11) is 0. The highest BCUT2D eigenvalue weighted by Gasteiger charge is 1.96. The van der Waals surface area contributed by atoms with Crippen molar-refractivity contribution in [2.24, 2.45) is 4.99 Å². The zero-order valence-electron chi connectivity index (χ0n) is 6.67. The summed E-state index contributed by atoms with van der Waals surface area (Å²) in [6.07, 6.45) is 1.52. The zero-order chi connectivity index (χ0) is 8.97. The molecule has 3 heteroatoms. The normalized spacial score (nSPS) is 9.17. The lowest BCUT2D eigenvalue weighted by molar-refractivity contribution is 0.562. The number of hydrogen-bond donors (Lipinski definition) is 0. The van der Waals surface area contributed by atoms with Crippen LogP contribution < -0.4 is 0 Å². The van der Waals surface area contributed by atoms with Crippen LogP contribution in [0.1, 0.15) is 11.1 Å². The third-order valence-corrected chi connectivity index (χ3v) is 2.11. The van der Waals surface area contributed by atoms with Crippen LogP contribution >= 0.6 is 15.9 Å². The second kappa shape index (κ2) is 4.19. The molecule has 0 aliphatic rings. The van der Waals surface area contributed by atoms with Crippen LogP contribution in [0.25, 0.3) is 0 Å². The second-order valence-corrected chi connectivity index (χ2v) is 3.39. The van der Waals surface area contributed by atoms with Crippen LogP contribution in [0.15, 0.2) is 27.7 Å². The van der Waals surface area contributed by atoms with Gasteiger partial charge in [-0.3, -0.25) is 0 Å².